The summed E-state index contributed by atoms with van der Waals surface area (Å²) < 4.78 is 35.3. The van der Waals surface area contributed by atoms with Gasteiger partial charge in [-0.2, -0.15) is 5.10 Å². The van der Waals surface area contributed by atoms with Crippen LogP contribution in [0.3, 0.4) is 0 Å². The Labute approximate surface area is 129 Å². The van der Waals surface area contributed by atoms with Crippen molar-refractivity contribution in [2.24, 2.45) is 0 Å². The Balaban J connectivity index is 2.25. The van der Waals surface area contributed by atoms with Crippen molar-refractivity contribution in [2.45, 2.75) is 33.6 Å². The van der Waals surface area contributed by atoms with Crippen molar-refractivity contribution in [2.75, 3.05) is 0 Å². The standard InChI is InChI=1S/C14H15BrF2N2O2/c1-3-19-12(13(15)8(2)18-19)7-21-14-10(16)4-9(6-20)5-11(14)17/h4-5,20H,3,6-7H2,1-2H3. The molecule has 0 bridgehead atoms. The van der Waals surface area contributed by atoms with Crippen molar-refractivity contribution in [3.05, 3.63) is 45.2 Å². The molecule has 0 unspecified atom stereocenters. The molecule has 0 amide bonds. The summed E-state index contributed by atoms with van der Waals surface area (Å²) in [5, 5.41) is 13.2. The lowest BCUT2D eigenvalue weighted by molar-refractivity contribution is 0.258. The van der Waals surface area contributed by atoms with E-state index in [-0.39, 0.29) is 12.2 Å². The monoisotopic (exact) mass is 360 g/mol. The summed E-state index contributed by atoms with van der Waals surface area (Å²) in [5.41, 5.74) is 1.65. The summed E-state index contributed by atoms with van der Waals surface area (Å²) >= 11 is 3.39. The average Bonchev–Trinajstić information content (AvgIpc) is 2.73. The first kappa shape index (κ1) is 15.9. The van der Waals surface area contributed by atoms with Crippen molar-refractivity contribution in [3.8, 4) is 5.75 Å². The van der Waals surface area contributed by atoms with Crippen LogP contribution in [-0.2, 0) is 19.8 Å². The van der Waals surface area contributed by atoms with Crippen LogP contribution in [0.4, 0.5) is 8.78 Å². The van der Waals surface area contributed by atoms with E-state index in [2.05, 4.69) is 21.0 Å². The van der Waals surface area contributed by atoms with E-state index in [4.69, 9.17) is 9.84 Å². The second-order valence-electron chi connectivity index (χ2n) is 4.50. The number of aliphatic hydroxyl groups excluding tert-OH is 1. The van der Waals surface area contributed by atoms with Crippen LogP contribution >= 0.6 is 15.9 Å². The first-order valence-electron chi connectivity index (χ1n) is 6.41. The van der Waals surface area contributed by atoms with Crippen molar-refractivity contribution in [3.63, 3.8) is 0 Å². The third-order valence-electron chi connectivity index (χ3n) is 3.05. The number of aliphatic hydroxyl groups is 1. The Morgan fingerprint density at radius 3 is 2.48 bits per heavy atom. The topological polar surface area (TPSA) is 47.3 Å². The highest BCUT2D eigenvalue weighted by Gasteiger charge is 2.16. The van der Waals surface area contributed by atoms with E-state index >= 15 is 0 Å². The third-order valence-corrected chi connectivity index (χ3v) is 4.08. The van der Waals surface area contributed by atoms with Gasteiger partial charge >= 0.3 is 0 Å². The highest BCUT2D eigenvalue weighted by Crippen LogP contribution is 2.27. The molecule has 7 heteroatoms. The van der Waals surface area contributed by atoms with Crippen LogP contribution in [0.25, 0.3) is 0 Å². The highest BCUT2D eigenvalue weighted by molar-refractivity contribution is 9.10. The number of benzene rings is 1. The molecule has 0 aliphatic heterocycles. The molecule has 4 nitrogen and oxygen atoms in total. The van der Waals surface area contributed by atoms with Crippen molar-refractivity contribution in [1.82, 2.24) is 9.78 Å². The van der Waals surface area contributed by atoms with Crippen LogP contribution in [0.5, 0.6) is 5.75 Å². The van der Waals surface area contributed by atoms with E-state index in [1.165, 1.54) is 0 Å². The number of ether oxygens (including phenoxy) is 1. The minimum Gasteiger partial charge on any atom is -0.481 e. The van der Waals surface area contributed by atoms with Crippen LogP contribution in [0.1, 0.15) is 23.9 Å². The van der Waals surface area contributed by atoms with Gasteiger partial charge < -0.3 is 9.84 Å². The second-order valence-corrected chi connectivity index (χ2v) is 5.29. The summed E-state index contributed by atoms with van der Waals surface area (Å²) in [6, 6.07) is 2.10. The van der Waals surface area contributed by atoms with Gasteiger partial charge in [-0.05, 0) is 47.5 Å². The van der Waals surface area contributed by atoms with E-state index in [0.717, 1.165) is 22.3 Å². The van der Waals surface area contributed by atoms with Crippen LogP contribution in [0.15, 0.2) is 16.6 Å². The van der Waals surface area contributed by atoms with Gasteiger partial charge in [-0.15, -0.1) is 0 Å². The van der Waals surface area contributed by atoms with Crippen molar-refractivity contribution >= 4 is 15.9 Å². The summed E-state index contributed by atoms with van der Waals surface area (Å²) in [4.78, 5) is 0. The summed E-state index contributed by atoms with van der Waals surface area (Å²) in [6.45, 7) is 3.93. The van der Waals surface area contributed by atoms with Crippen LogP contribution in [0, 0.1) is 18.6 Å². The van der Waals surface area contributed by atoms with Gasteiger partial charge in [0.05, 0.1) is 22.5 Å². The average molecular weight is 361 g/mol. The van der Waals surface area contributed by atoms with Crippen molar-refractivity contribution in [1.29, 1.82) is 0 Å². The molecule has 0 aliphatic carbocycles. The number of hydrogen-bond donors (Lipinski definition) is 1. The molecule has 0 saturated heterocycles. The van der Waals surface area contributed by atoms with Crippen LogP contribution in [0.2, 0.25) is 0 Å². The molecule has 0 radical (unpaired) electrons. The van der Waals surface area contributed by atoms with Gasteiger partial charge in [-0.3, -0.25) is 4.68 Å². The number of aryl methyl sites for hydroxylation is 2. The molecule has 1 heterocycles. The molecule has 1 N–H and O–H groups in total. The molecule has 1 aromatic heterocycles. The first-order valence-corrected chi connectivity index (χ1v) is 7.20. The van der Waals surface area contributed by atoms with E-state index in [1.54, 1.807) is 4.68 Å². The van der Waals surface area contributed by atoms with Gasteiger partial charge in [0.2, 0.25) is 0 Å². The summed E-state index contributed by atoms with van der Waals surface area (Å²) in [5.74, 6) is -2.13. The Bertz CT molecular complexity index is 636. The fourth-order valence-electron chi connectivity index (χ4n) is 1.99. The van der Waals surface area contributed by atoms with Gasteiger partial charge in [-0.25, -0.2) is 8.78 Å². The Kier molecular flexibility index (Phi) is 4.95. The minimum atomic E-state index is -0.838. The quantitative estimate of drug-likeness (QED) is 0.889. The largest absolute Gasteiger partial charge is 0.481 e. The zero-order chi connectivity index (χ0) is 15.6. The van der Waals surface area contributed by atoms with Gasteiger partial charge in [0, 0.05) is 6.54 Å². The molecule has 2 rings (SSSR count). The molecule has 114 valence electrons. The van der Waals surface area contributed by atoms with E-state index in [1.807, 2.05) is 13.8 Å². The van der Waals surface area contributed by atoms with Gasteiger partial charge in [0.1, 0.15) is 6.61 Å². The number of hydrogen-bond acceptors (Lipinski definition) is 3. The third kappa shape index (κ3) is 3.24. The molecule has 1 aromatic carbocycles. The molecule has 0 atom stereocenters. The summed E-state index contributed by atoms with van der Waals surface area (Å²) in [6.07, 6.45) is 0. The predicted molar refractivity (Wildman–Crippen MR) is 77.0 cm³/mol. The van der Waals surface area contributed by atoms with E-state index in [9.17, 15) is 8.78 Å². The number of aromatic nitrogens is 2. The second kappa shape index (κ2) is 6.53. The molecule has 0 fully saturated rings. The molecule has 0 spiro atoms. The fourth-order valence-corrected chi connectivity index (χ4v) is 2.39. The first-order chi connectivity index (χ1) is 9.97. The zero-order valence-electron chi connectivity index (χ0n) is 11.7. The van der Waals surface area contributed by atoms with Crippen LogP contribution in [-0.4, -0.2) is 14.9 Å². The summed E-state index contributed by atoms with van der Waals surface area (Å²) in [7, 11) is 0. The maximum absolute atomic E-state index is 13.8. The highest BCUT2D eigenvalue weighted by atomic mass is 79.9. The Morgan fingerprint density at radius 1 is 1.33 bits per heavy atom. The molecular weight excluding hydrogens is 346 g/mol. The molecule has 0 aliphatic rings. The van der Waals surface area contributed by atoms with Gasteiger partial charge in [-0.1, -0.05) is 0 Å². The van der Waals surface area contributed by atoms with Gasteiger partial charge in [0.25, 0.3) is 0 Å². The lowest BCUT2D eigenvalue weighted by Crippen LogP contribution is -2.08. The molecule has 21 heavy (non-hydrogen) atoms. The lowest BCUT2D eigenvalue weighted by Gasteiger charge is -2.11. The maximum atomic E-state index is 13.8. The van der Waals surface area contributed by atoms with Crippen molar-refractivity contribution < 1.29 is 18.6 Å². The van der Waals surface area contributed by atoms with E-state index < -0.39 is 24.0 Å². The van der Waals surface area contributed by atoms with E-state index in [0.29, 0.717) is 12.2 Å². The molecule has 0 saturated carbocycles. The van der Waals surface area contributed by atoms with Crippen LogP contribution < -0.4 is 4.74 Å². The Hall–Kier alpha value is -1.47. The smallest absolute Gasteiger partial charge is 0.191 e. The number of halogens is 3. The normalized spacial score (nSPS) is 11.0. The van der Waals surface area contributed by atoms with Gasteiger partial charge in [0.15, 0.2) is 17.4 Å². The Morgan fingerprint density at radius 2 is 1.95 bits per heavy atom. The SMILES string of the molecule is CCn1nc(C)c(Br)c1COc1c(F)cc(CO)cc1F. The minimum absolute atomic E-state index is 0.0123. The maximum Gasteiger partial charge on any atom is 0.191 e. The molecular formula is C14H15BrF2N2O2. The number of nitrogens with zero attached hydrogens (tertiary/aromatic N) is 2. The fraction of sp³-hybridized carbons (Fsp3) is 0.357. The zero-order valence-corrected chi connectivity index (χ0v) is 13.2. The predicted octanol–water partition coefficient (Wildman–Crippen LogP) is 3.32. The number of rotatable bonds is 5. The molecule has 2 aromatic rings. The lowest BCUT2D eigenvalue weighted by atomic mass is 10.2.